The van der Waals surface area contributed by atoms with Crippen LogP contribution in [0.4, 0.5) is 0 Å². The molecule has 2 atom stereocenters. The predicted octanol–water partition coefficient (Wildman–Crippen LogP) is 1.62. The van der Waals surface area contributed by atoms with Crippen molar-refractivity contribution in [1.82, 2.24) is 4.90 Å². The first kappa shape index (κ1) is 15.3. The molecule has 0 radical (unpaired) electrons. The molecule has 2 rings (SSSR count). The zero-order chi connectivity index (χ0) is 14.4. The van der Waals surface area contributed by atoms with Crippen LogP contribution in [0.25, 0.3) is 0 Å². The molecule has 0 aliphatic carbocycles. The molecule has 1 aromatic rings. The van der Waals surface area contributed by atoms with Gasteiger partial charge in [0.2, 0.25) is 0 Å². The van der Waals surface area contributed by atoms with E-state index in [1.54, 1.807) is 0 Å². The molecule has 0 bridgehead atoms. The second kappa shape index (κ2) is 7.62. The molecule has 0 aromatic heterocycles. The smallest absolute Gasteiger partial charge is 0.119 e. The first-order valence-electron chi connectivity index (χ1n) is 7.51. The van der Waals surface area contributed by atoms with Crippen molar-refractivity contribution in [2.24, 2.45) is 11.7 Å². The molecule has 1 heterocycles. The highest BCUT2D eigenvalue weighted by Crippen LogP contribution is 2.23. The highest BCUT2D eigenvalue weighted by atomic mass is 16.5. The summed E-state index contributed by atoms with van der Waals surface area (Å²) in [7, 11) is 0. The van der Waals surface area contributed by atoms with Gasteiger partial charge in [0, 0.05) is 19.1 Å². The lowest BCUT2D eigenvalue weighted by atomic mass is 10.0. The van der Waals surface area contributed by atoms with Gasteiger partial charge in [-0.15, -0.1) is 0 Å². The Labute approximate surface area is 121 Å². The minimum absolute atomic E-state index is 0.266. The molecule has 2 unspecified atom stereocenters. The maximum atomic E-state index is 9.41. The van der Waals surface area contributed by atoms with Crippen molar-refractivity contribution in [3.05, 3.63) is 29.8 Å². The Balaban J connectivity index is 1.68. The summed E-state index contributed by atoms with van der Waals surface area (Å²) >= 11 is 0. The van der Waals surface area contributed by atoms with Gasteiger partial charge in [0.05, 0.1) is 13.2 Å². The van der Waals surface area contributed by atoms with E-state index in [2.05, 4.69) is 11.8 Å². The van der Waals surface area contributed by atoms with E-state index >= 15 is 0 Å². The lowest BCUT2D eigenvalue weighted by Crippen LogP contribution is -2.36. The molecule has 20 heavy (non-hydrogen) atoms. The van der Waals surface area contributed by atoms with Crippen LogP contribution in [-0.2, 0) is 6.54 Å². The van der Waals surface area contributed by atoms with Gasteiger partial charge >= 0.3 is 0 Å². The molecule has 1 aromatic carbocycles. The highest BCUT2D eigenvalue weighted by molar-refractivity contribution is 5.26. The molecule has 1 aliphatic rings. The van der Waals surface area contributed by atoms with Gasteiger partial charge in [-0.3, -0.25) is 4.90 Å². The fourth-order valence-corrected chi connectivity index (χ4v) is 2.84. The minimum Gasteiger partial charge on any atom is -0.494 e. The van der Waals surface area contributed by atoms with Gasteiger partial charge in [-0.2, -0.15) is 0 Å². The number of aliphatic hydroxyl groups is 1. The van der Waals surface area contributed by atoms with Gasteiger partial charge in [-0.25, -0.2) is 0 Å². The van der Waals surface area contributed by atoms with Crippen LogP contribution in [0.15, 0.2) is 24.3 Å². The molecule has 1 fully saturated rings. The van der Waals surface area contributed by atoms with Crippen molar-refractivity contribution in [2.75, 3.05) is 26.3 Å². The third kappa shape index (κ3) is 3.95. The standard InChI is InChI=1S/C16H26N2O2/c1-13-7-9-18(16(13)12-19)8-2-10-20-15-5-3-14(11-17)4-6-15/h3-6,13,16,19H,2,7-12,17H2,1H3. The fraction of sp³-hybridized carbons (Fsp3) is 0.625. The maximum absolute atomic E-state index is 9.41. The zero-order valence-electron chi connectivity index (χ0n) is 12.3. The third-order valence-corrected chi connectivity index (χ3v) is 4.20. The fourth-order valence-electron chi connectivity index (χ4n) is 2.84. The number of hydrogen-bond acceptors (Lipinski definition) is 4. The molecule has 0 amide bonds. The summed E-state index contributed by atoms with van der Waals surface area (Å²) in [6.07, 6.45) is 2.18. The molecule has 0 saturated carbocycles. The number of ether oxygens (including phenoxy) is 1. The Bertz CT molecular complexity index is 394. The molecule has 112 valence electrons. The van der Waals surface area contributed by atoms with Gasteiger partial charge in [-0.1, -0.05) is 19.1 Å². The Hall–Kier alpha value is -1.10. The second-order valence-electron chi connectivity index (χ2n) is 5.60. The number of nitrogens with two attached hydrogens (primary N) is 1. The van der Waals surface area contributed by atoms with Crippen molar-refractivity contribution >= 4 is 0 Å². The SMILES string of the molecule is CC1CCN(CCCOc2ccc(CN)cc2)C1CO. The molecule has 1 saturated heterocycles. The highest BCUT2D eigenvalue weighted by Gasteiger charge is 2.29. The van der Waals surface area contributed by atoms with Crippen LogP contribution in [0.1, 0.15) is 25.3 Å². The van der Waals surface area contributed by atoms with E-state index < -0.39 is 0 Å². The summed E-state index contributed by atoms with van der Waals surface area (Å²) in [5.41, 5.74) is 6.68. The number of aliphatic hydroxyl groups excluding tert-OH is 1. The van der Waals surface area contributed by atoms with Crippen LogP contribution in [0, 0.1) is 5.92 Å². The van der Waals surface area contributed by atoms with Crippen LogP contribution < -0.4 is 10.5 Å². The van der Waals surface area contributed by atoms with E-state index in [1.165, 1.54) is 6.42 Å². The van der Waals surface area contributed by atoms with E-state index in [9.17, 15) is 5.11 Å². The van der Waals surface area contributed by atoms with Crippen molar-refractivity contribution < 1.29 is 9.84 Å². The summed E-state index contributed by atoms with van der Waals surface area (Å²) in [6, 6.07) is 8.27. The van der Waals surface area contributed by atoms with Crippen molar-refractivity contribution in [3.63, 3.8) is 0 Å². The van der Waals surface area contributed by atoms with Crippen molar-refractivity contribution in [2.45, 2.75) is 32.4 Å². The van der Waals surface area contributed by atoms with Crippen LogP contribution in [-0.4, -0.2) is 42.4 Å². The lowest BCUT2D eigenvalue weighted by Gasteiger charge is -2.24. The molecular weight excluding hydrogens is 252 g/mol. The molecule has 3 N–H and O–H groups in total. The lowest BCUT2D eigenvalue weighted by molar-refractivity contribution is 0.133. The average Bonchev–Trinajstić information content (AvgIpc) is 2.84. The number of nitrogens with zero attached hydrogens (tertiary/aromatic N) is 1. The predicted molar refractivity (Wildman–Crippen MR) is 80.7 cm³/mol. The first-order valence-corrected chi connectivity index (χ1v) is 7.51. The second-order valence-corrected chi connectivity index (χ2v) is 5.60. The summed E-state index contributed by atoms with van der Waals surface area (Å²) < 4.78 is 5.73. The van der Waals surface area contributed by atoms with E-state index in [4.69, 9.17) is 10.5 Å². The average molecular weight is 278 g/mol. The largest absolute Gasteiger partial charge is 0.494 e. The third-order valence-electron chi connectivity index (χ3n) is 4.20. The summed E-state index contributed by atoms with van der Waals surface area (Å²) in [4.78, 5) is 2.38. The topological polar surface area (TPSA) is 58.7 Å². The van der Waals surface area contributed by atoms with Gasteiger partial charge in [0.1, 0.15) is 5.75 Å². The number of hydrogen-bond donors (Lipinski definition) is 2. The van der Waals surface area contributed by atoms with Gasteiger partial charge < -0.3 is 15.6 Å². The molecular formula is C16H26N2O2. The number of rotatable bonds is 7. The van der Waals surface area contributed by atoms with E-state index in [0.717, 1.165) is 30.8 Å². The zero-order valence-corrected chi connectivity index (χ0v) is 12.3. The summed E-state index contributed by atoms with van der Waals surface area (Å²) in [5, 5.41) is 9.41. The maximum Gasteiger partial charge on any atom is 0.119 e. The quantitative estimate of drug-likeness (QED) is 0.744. The first-order chi connectivity index (χ1) is 9.74. The summed E-state index contributed by atoms with van der Waals surface area (Å²) in [5.74, 6) is 1.50. The van der Waals surface area contributed by atoms with Crippen molar-refractivity contribution in [3.8, 4) is 5.75 Å². The molecule has 4 heteroatoms. The molecule has 1 aliphatic heterocycles. The van der Waals surface area contributed by atoms with E-state index in [-0.39, 0.29) is 6.61 Å². The molecule has 4 nitrogen and oxygen atoms in total. The van der Waals surface area contributed by atoms with Gasteiger partial charge in [-0.05, 0) is 43.0 Å². The Kier molecular flexibility index (Phi) is 5.83. The van der Waals surface area contributed by atoms with Gasteiger partial charge in [0.25, 0.3) is 0 Å². The Morgan fingerprint density at radius 3 is 2.75 bits per heavy atom. The summed E-state index contributed by atoms with van der Waals surface area (Å²) in [6.45, 7) is 5.86. The van der Waals surface area contributed by atoms with Crippen molar-refractivity contribution in [1.29, 1.82) is 0 Å². The Morgan fingerprint density at radius 2 is 2.10 bits per heavy atom. The number of likely N-dealkylation sites (tertiary alicyclic amines) is 1. The van der Waals surface area contributed by atoms with Crippen LogP contribution in [0.3, 0.4) is 0 Å². The van der Waals surface area contributed by atoms with Crippen LogP contribution in [0.5, 0.6) is 5.75 Å². The van der Waals surface area contributed by atoms with Gasteiger partial charge in [0.15, 0.2) is 0 Å². The molecule has 0 spiro atoms. The van der Waals surface area contributed by atoms with E-state index in [0.29, 0.717) is 25.1 Å². The van der Waals surface area contributed by atoms with Crippen LogP contribution >= 0.6 is 0 Å². The van der Waals surface area contributed by atoms with E-state index in [1.807, 2.05) is 24.3 Å². The monoisotopic (exact) mass is 278 g/mol. The minimum atomic E-state index is 0.266. The normalized spacial score (nSPS) is 23.1. The van der Waals surface area contributed by atoms with Crippen LogP contribution in [0.2, 0.25) is 0 Å². The Morgan fingerprint density at radius 1 is 1.35 bits per heavy atom. The number of benzene rings is 1.